The average molecular weight is 342 g/mol. The summed E-state index contributed by atoms with van der Waals surface area (Å²) in [7, 11) is 0. The summed E-state index contributed by atoms with van der Waals surface area (Å²) in [6.45, 7) is 4.87. The van der Waals surface area contributed by atoms with E-state index in [2.05, 4.69) is 41.5 Å². The lowest BCUT2D eigenvalue weighted by atomic mass is 10.1. The number of benzene rings is 1. The Hall–Kier alpha value is -2.04. The fourth-order valence-corrected chi connectivity index (χ4v) is 3.50. The van der Waals surface area contributed by atoms with Crippen LogP contribution in [0.2, 0.25) is 5.02 Å². The fraction of sp³-hybridized carbons (Fsp3) is 0.316. The molecule has 0 amide bonds. The minimum atomic E-state index is 0.559. The normalized spacial score (nSPS) is 17.5. The molecular weight excluding hydrogens is 322 g/mol. The van der Waals surface area contributed by atoms with Gasteiger partial charge in [-0.3, -0.25) is 4.40 Å². The number of hydrogen-bond donors (Lipinski definition) is 1. The molecule has 0 bridgehead atoms. The van der Waals surface area contributed by atoms with E-state index in [-0.39, 0.29) is 0 Å². The van der Waals surface area contributed by atoms with Crippen molar-refractivity contribution in [2.45, 2.75) is 13.3 Å². The highest BCUT2D eigenvalue weighted by molar-refractivity contribution is 6.33. The number of aromatic nitrogens is 2. The van der Waals surface area contributed by atoms with Crippen molar-refractivity contribution in [3.8, 4) is 17.0 Å². The Labute approximate surface area is 146 Å². The monoisotopic (exact) mass is 341 g/mol. The van der Waals surface area contributed by atoms with Crippen LogP contribution in [0.4, 0.5) is 0 Å². The Bertz CT molecular complexity index is 851. The van der Waals surface area contributed by atoms with Crippen LogP contribution in [-0.4, -0.2) is 29.1 Å². The summed E-state index contributed by atoms with van der Waals surface area (Å²) >= 11 is 6.59. The van der Waals surface area contributed by atoms with Crippen LogP contribution in [0.25, 0.3) is 16.8 Å². The van der Waals surface area contributed by atoms with Crippen molar-refractivity contribution in [2.75, 3.05) is 19.7 Å². The van der Waals surface area contributed by atoms with Crippen molar-refractivity contribution >= 4 is 17.1 Å². The van der Waals surface area contributed by atoms with Crippen LogP contribution in [0.15, 0.2) is 42.9 Å². The predicted octanol–water partition coefficient (Wildman–Crippen LogP) is 3.95. The van der Waals surface area contributed by atoms with Gasteiger partial charge in [0.2, 0.25) is 0 Å². The summed E-state index contributed by atoms with van der Waals surface area (Å²) in [4.78, 5) is 4.30. The third kappa shape index (κ3) is 2.87. The van der Waals surface area contributed by atoms with Crippen LogP contribution in [0, 0.1) is 12.8 Å². The molecular formula is C19H20ClN3O. The van der Waals surface area contributed by atoms with Crippen molar-refractivity contribution in [1.82, 2.24) is 14.7 Å². The number of nitrogens with one attached hydrogen (secondary N) is 1. The lowest BCUT2D eigenvalue weighted by Gasteiger charge is -2.15. The van der Waals surface area contributed by atoms with Crippen molar-refractivity contribution in [2.24, 2.45) is 5.92 Å². The highest BCUT2D eigenvalue weighted by Gasteiger charge is 2.18. The van der Waals surface area contributed by atoms with Crippen LogP contribution in [0.3, 0.4) is 0 Å². The molecule has 3 heterocycles. The van der Waals surface area contributed by atoms with E-state index in [0.717, 1.165) is 42.0 Å². The number of imidazole rings is 1. The van der Waals surface area contributed by atoms with E-state index in [9.17, 15) is 0 Å². The maximum Gasteiger partial charge on any atom is 0.146 e. The van der Waals surface area contributed by atoms with Crippen LogP contribution in [-0.2, 0) is 0 Å². The first kappa shape index (κ1) is 15.5. The molecule has 1 atom stereocenters. The van der Waals surface area contributed by atoms with Gasteiger partial charge in [-0.15, -0.1) is 0 Å². The zero-order valence-electron chi connectivity index (χ0n) is 13.6. The molecule has 124 valence electrons. The smallest absolute Gasteiger partial charge is 0.146 e. The maximum absolute atomic E-state index is 6.59. The largest absolute Gasteiger partial charge is 0.491 e. The number of rotatable bonds is 4. The molecule has 0 saturated carbocycles. The van der Waals surface area contributed by atoms with Crippen molar-refractivity contribution in [3.63, 3.8) is 0 Å². The van der Waals surface area contributed by atoms with Crippen LogP contribution in [0.5, 0.6) is 5.75 Å². The molecule has 5 heteroatoms. The average Bonchev–Trinajstić information content (AvgIpc) is 3.25. The molecule has 0 spiro atoms. The van der Waals surface area contributed by atoms with E-state index >= 15 is 0 Å². The molecule has 1 fully saturated rings. The molecule has 1 aliphatic rings. The van der Waals surface area contributed by atoms with Crippen molar-refractivity contribution in [3.05, 3.63) is 53.4 Å². The lowest BCUT2D eigenvalue weighted by Crippen LogP contribution is -2.15. The minimum Gasteiger partial charge on any atom is -0.491 e. The van der Waals surface area contributed by atoms with Gasteiger partial charge >= 0.3 is 0 Å². The molecule has 1 aliphatic heterocycles. The SMILES string of the molecule is Cc1ccc(-c2c(Cl)cc(OC[C@@H]3CCNC3)c3cncn23)cc1. The number of halogens is 1. The Kier molecular flexibility index (Phi) is 4.17. The Balaban J connectivity index is 1.72. The molecule has 4 nitrogen and oxygen atoms in total. The van der Waals surface area contributed by atoms with E-state index < -0.39 is 0 Å². The molecule has 0 unspecified atom stereocenters. The van der Waals surface area contributed by atoms with Gasteiger partial charge in [0, 0.05) is 24.1 Å². The minimum absolute atomic E-state index is 0.559. The van der Waals surface area contributed by atoms with Crippen LogP contribution >= 0.6 is 11.6 Å². The highest BCUT2D eigenvalue weighted by Crippen LogP contribution is 2.34. The molecule has 3 aromatic rings. The van der Waals surface area contributed by atoms with E-state index in [0.29, 0.717) is 17.5 Å². The molecule has 2 aromatic heterocycles. The molecule has 1 N–H and O–H groups in total. The van der Waals surface area contributed by atoms with Gasteiger partial charge in [0.25, 0.3) is 0 Å². The van der Waals surface area contributed by atoms with Gasteiger partial charge in [0.05, 0.1) is 29.8 Å². The zero-order valence-corrected chi connectivity index (χ0v) is 14.4. The molecule has 0 radical (unpaired) electrons. The zero-order chi connectivity index (χ0) is 16.5. The number of aryl methyl sites for hydroxylation is 1. The fourth-order valence-electron chi connectivity index (χ4n) is 3.20. The third-order valence-electron chi connectivity index (χ3n) is 4.58. The summed E-state index contributed by atoms with van der Waals surface area (Å²) < 4.78 is 8.08. The van der Waals surface area contributed by atoms with E-state index in [4.69, 9.17) is 16.3 Å². The lowest BCUT2D eigenvalue weighted by molar-refractivity contribution is 0.262. The second-order valence-electron chi connectivity index (χ2n) is 6.39. The summed E-state index contributed by atoms with van der Waals surface area (Å²) in [5.41, 5.74) is 4.18. The summed E-state index contributed by atoms with van der Waals surface area (Å²) in [6, 6.07) is 10.3. The van der Waals surface area contributed by atoms with Gasteiger partial charge in [0.1, 0.15) is 11.3 Å². The van der Waals surface area contributed by atoms with Gasteiger partial charge in [-0.1, -0.05) is 41.4 Å². The van der Waals surface area contributed by atoms with Gasteiger partial charge in [-0.2, -0.15) is 0 Å². The van der Waals surface area contributed by atoms with Crippen molar-refractivity contribution in [1.29, 1.82) is 0 Å². The van der Waals surface area contributed by atoms with Gasteiger partial charge in [-0.25, -0.2) is 4.98 Å². The molecule has 0 aliphatic carbocycles. The summed E-state index contributed by atoms with van der Waals surface area (Å²) in [6.07, 6.45) is 4.78. The Morgan fingerprint density at radius 3 is 2.92 bits per heavy atom. The molecule has 4 rings (SSSR count). The first-order valence-corrected chi connectivity index (χ1v) is 8.65. The number of hydrogen-bond acceptors (Lipinski definition) is 3. The van der Waals surface area contributed by atoms with Gasteiger partial charge in [-0.05, 0) is 19.9 Å². The van der Waals surface area contributed by atoms with E-state index in [1.807, 2.05) is 16.7 Å². The molecule has 1 aromatic carbocycles. The first-order chi connectivity index (χ1) is 11.7. The quantitative estimate of drug-likeness (QED) is 0.781. The number of nitrogens with zero attached hydrogens (tertiary/aromatic N) is 2. The van der Waals surface area contributed by atoms with E-state index in [1.165, 1.54) is 5.56 Å². The Morgan fingerprint density at radius 2 is 2.17 bits per heavy atom. The third-order valence-corrected chi connectivity index (χ3v) is 4.87. The maximum atomic E-state index is 6.59. The van der Waals surface area contributed by atoms with Crippen LogP contribution in [0.1, 0.15) is 12.0 Å². The standard InChI is InChI=1S/C19H20ClN3O/c1-13-2-4-15(5-3-13)19-16(20)8-18(17-10-22-12-23(17)19)24-11-14-6-7-21-9-14/h2-5,8,10,12,14,21H,6-7,9,11H2,1H3/t14-/m1/s1. The molecule has 24 heavy (non-hydrogen) atoms. The van der Waals surface area contributed by atoms with E-state index in [1.54, 1.807) is 6.33 Å². The topological polar surface area (TPSA) is 38.6 Å². The second kappa shape index (κ2) is 6.46. The number of fused-ring (bicyclic) bond motifs is 1. The summed E-state index contributed by atoms with van der Waals surface area (Å²) in [5, 5.41) is 4.03. The highest BCUT2D eigenvalue weighted by atomic mass is 35.5. The number of ether oxygens (including phenoxy) is 1. The van der Waals surface area contributed by atoms with Gasteiger partial charge < -0.3 is 10.1 Å². The van der Waals surface area contributed by atoms with Crippen molar-refractivity contribution < 1.29 is 4.74 Å². The van der Waals surface area contributed by atoms with Gasteiger partial charge in [0.15, 0.2) is 0 Å². The molecule has 1 saturated heterocycles. The predicted molar refractivity (Wildman–Crippen MR) is 96.8 cm³/mol. The van der Waals surface area contributed by atoms with Crippen LogP contribution < -0.4 is 10.1 Å². The Morgan fingerprint density at radius 1 is 1.33 bits per heavy atom. The summed E-state index contributed by atoms with van der Waals surface area (Å²) in [5.74, 6) is 1.35. The second-order valence-corrected chi connectivity index (χ2v) is 6.80. The number of pyridine rings is 1. The first-order valence-electron chi connectivity index (χ1n) is 8.27.